The van der Waals surface area contributed by atoms with Gasteiger partial charge >= 0.3 is 0 Å². The van der Waals surface area contributed by atoms with Crippen molar-refractivity contribution in [3.05, 3.63) is 108 Å². The fourth-order valence-corrected chi connectivity index (χ4v) is 4.74. The van der Waals surface area contributed by atoms with Gasteiger partial charge in [0.1, 0.15) is 23.9 Å². The second kappa shape index (κ2) is 12.9. The lowest BCUT2D eigenvalue weighted by Gasteiger charge is -2.32. The van der Waals surface area contributed by atoms with Crippen LogP contribution >= 0.6 is 0 Å². The Labute approximate surface area is 243 Å². The van der Waals surface area contributed by atoms with Crippen LogP contribution in [0.25, 0.3) is 11.0 Å². The fraction of sp³-hybridized carbons (Fsp3) is 0.188. The highest BCUT2D eigenvalue weighted by Crippen LogP contribution is 2.34. The van der Waals surface area contributed by atoms with Gasteiger partial charge < -0.3 is 24.4 Å². The molecule has 2 amide bonds. The maximum atomic E-state index is 14.2. The van der Waals surface area contributed by atoms with E-state index in [1.54, 1.807) is 66.3 Å². The molecule has 0 spiro atoms. The molecule has 5 rings (SSSR count). The number of para-hydroxylation sites is 1. The third-order valence-electron chi connectivity index (χ3n) is 6.86. The Morgan fingerprint density at radius 3 is 2.26 bits per heavy atom. The number of amides is 2. The van der Waals surface area contributed by atoms with Crippen molar-refractivity contribution in [2.24, 2.45) is 0 Å². The summed E-state index contributed by atoms with van der Waals surface area (Å²) in [4.78, 5) is 29.9. The Balaban J connectivity index is 1.57. The van der Waals surface area contributed by atoms with Crippen LogP contribution in [0.15, 0.2) is 97.1 Å². The van der Waals surface area contributed by atoms with Gasteiger partial charge in [0, 0.05) is 12.2 Å². The summed E-state index contributed by atoms with van der Waals surface area (Å²) in [7, 11) is 4.64. The Kier molecular flexibility index (Phi) is 8.62. The molecule has 10 nitrogen and oxygen atoms in total. The number of ether oxygens (including phenoxy) is 3. The van der Waals surface area contributed by atoms with E-state index >= 15 is 0 Å². The van der Waals surface area contributed by atoms with Crippen LogP contribution < -0.4 is 19.5 Å². The highest BCUT2D eigenvalue weighted by atomic mass is 16.5. The largest absolute Gasteiger partial charge is 0.497 e. The summed E-state index contributed by atoms with van der Waals surface area (Å²) in [5, 5.41) is 11.4. The molecule has 10 heteroatoms. The van der Waals surface area contributed by atoms with Crippen molar-refractivity contribution in [3.63, 3.8) is 0 Å². The van der Waals surface area contributed by atoms with E-state index in [1.165, 1.54) is 7.11 Å². The molecular weight excluding hydrogens is 534 g/mol. The molecule has 0 aliphatic carbocycles. The number of methoxy groups -OCH3 is 3. The third-order valence-corrected chi connectivity index (χ3v) is 6.86. The first-order valence-electron chi connectivity index (χ1n) is 13.3. The van der Waals surface area contributed by atoms with Gasteiger partial charge in [-0.15, -0.1) is 5.10 Å². The molecule has 0 fully saturated rings. The number of aromatic nitrogens is 3. The number of carbonyl (C=O) groups excluding carboxylic acids is 2. The van der Waals surface area contributed by atoms with Gasteiger partial charge in [0.25, 0.3) is 5.91 Å². The van der Waals surface area contributed by atoms with E-state index in [2.05, 4.69) is 15.6 Å². The van der Waals surface area contributed by atoms with E-state index in [0.717, 1.165) is 11.1 Å². The van der Waals surface area contributed by atoms with Crippen molar-refractivity contribution < 1.29 is 23.8 Å². The minimum Gasteiger partial charge on any atom is -0.497 e. The number of anilines is 1. The SMILES string of the molecule is COc1ccc(NC(=O)[C@@H](c2ccc(OC)c(OC)c2)N(Cc2ccccc2)C(=O)Cn2nnc3ccccc32)cc1. The average Bonchev–Trinajstić information content (AvgIpc) is 3.44. The molecule has 0 bridgehead atoms. The number of hydrogen-bond acceptors (Lipinski definition) is 7. The Bertz CT molecular complexity index is 1670. The van der Waals surface area contributed by atoms with E-state index in [-0.39, 0.29) is 19.0 Å². The number of carbonyl (C=O) groups is 2. The first-order chi connectivity index (χ1) is 20.5. The van der Waals surface area contributed by atoms with Crippen LogP contribution in [-0.4, -0.2) is 53.0 Å². The molecule has 0 radical (unpaired) electrons. The van der Waals surface area contributed by atoms with Gasteiger partial charge in [-0.1, -0.05) is 53.7 Å². The number of nitrogens with one attached hydrogen (secondary N) is 1. The lowest BCUT2D eigenvalue weighted by Crippen LogP contribution is -2.42. The summed E-state index contributed by atoms with van der Waals surface area (Å²) in [5.74, 6) is 0.877. The predicted octanol–water partition coefficient (Wildman–Crippen LogP) is 4.87. The standard InChI is InChI=1S/C32H31N5O5/c1-40-25-16-14-24(15-17-25)33-32(39)31(23-13-18-28(41-2)29(19-23)42-3)36(20-22-9-5-4-6-10-22)30(38)21-37-27-12-8-7-11-26(27)34-35-37/h4-19,31H,20-21H2,1-3H3,(H,33,39)/t31-/m1/s1. The molecule has 0 aliphatic rings. The molecule has 1 atom stereocenters. The first kappa shape index (κ1) is 28.2. The molecule has 4 aromatic carbocycles. The molecule has 0 saturated heterocycles. The highest BCUT2D eigenvalue weighted by Gasteiger charge is 2.33. The Morgan fingerprint density at radius 2 is 1.55 bits per heavy atom. The summed E-state index contributed by atoms with van der Waals surface area (Å²) in [5.41, 5.74) is 3.36. The minimum absolute atomic E-state index is 0.118. The van der Waals surface area contributed by atoms with Crippen LogP contribution in [0.1, 0.15) is 17.2 Å². The van der Waals surface area contributed by atoms with Gasteiger partial charge in [-0.2, -0.15) is 0 Å². The van der Waals surface area contributed by atoms with Gasteiger partial charge in [0.15, 0.2) is 11.5 Å². The second-order valence-corrected chi connectivity index (χ2v) is 9.48. The van der Waals surface area contributed by atoms with Gasteiger partial charge in [-0.05, 0) is 59.7 Å². The molecule has 214 valence electrons. The summed E-state index contributed by atoms with van der Waals surface area (Å²) >= 11 is 0. The summed E-state index contributed by atoms with van der Waals surface area (Å²) in [6.07, 6.45) is 0. The van der Waals surface area contributed by atoms with Crippen LogP contribution in [0.5, 0.6) is 17.2 Å². The lowest BCUT2D eigenvalue weighted by atomic mass is 10.0. The van der Waals surface area contributed by atoms with Crippen molar-refractivity contribution in [1.82, 2.24) is 19.9 Å². The molecule has 1 heterocycles. The van der Waals surface area contributed by atoms with E-state index in [1.807, 2.05) is 54.6 Å². The average molecular weight is 566 g/mol. The van der Waals surface area contributed by atoms with Crippen LogP contribution in [0.4, 0.5) is 5.69 Å². The molecule has 0 unspecified atom stereocenters. The summed E-state index contributed by atoms with van der Waals surface area (Å²) < 4.78 is 17.8. The number of benzene rings is 4. The molecule has 42 heavy (non-hydrogen) atoms. The maximum absolute atomic E-state index is 14.2. The topological polar surface area (TPSA) is 108 Å². The lowest BCUT2D eigenvalue weighted by molar-refractivity contribution is -0.140. The zero-order valence-corrected chi connectivity index (χ0v) is 23.6. The quantitative estimate of drug-likeness (QED) is 0.244. The van der Waals surface area contributed by atoms with Crippen molar-refractivity contribution in [3.8, 4) is 17.2 Å². The number of fused-ring (bicyclic) bond motifs is 1. The minimum atomic E-state index is -1.03. The number of nitrogens with zero attached hydrogens (tertiary/aromatic N) is 4. The van der Waals surface area contributed by atoms with E-state index in [4.69, 9.17) is 14.2 Å². The maximum Gasteiger partial charge on any atom is 0.251 e. The second-order valence-electron chi connectivity index (χ2n) is 9.48. The summed E-state index contributed by atoms with van der Waals surface area (Å²) in [6, 6.07) is 28.1. The van der Waals surface area contributed by atoms with Gasteiger partial charge in [0.2, 0.25) is 5.91 Å². The Hall–Kier alpha value is -5.38. The van der Waals surface area contributed by atoms with Crippen LogP contribution in [-0.2, 0) is 22.7 Å². The molecule has 0 saturated carbocycles. The van der Waals surface area contributed by atoms with Crippen molar-refractivity contribution in [1.29, 1.82) is 0 Å². The monoisotopic (exact) mass is 565 g/mol. The van der Waals surface area contributed by atoms with E-state index in [9.17, 15) is 9.59 Å². The zero-order valence-electron chi connectivity index (χ0n) is 23.6. The Morgan fingerprint density at radius 1 is 0.833 bits per heavy atom. The highest BCUT2D eigenvalue weighted by molar-refractivity contribution is 5.98. The fourth-order valence-electron chi connectivity index (χ4n) is 4.74. The van der Waals surface area contributed by atoms with E-state index < -0.39 is 11.9 Å². The van der Waals surface area contributed by atoms with Crippen LogP contribution in [0, 0.1) is 0 Å². The third kappa shape index (κ3) is 6.17. The van der Waals surface area contributed by atoms with Crippen molar-refractivity contribution in [2.75, 3.05) is 26.6 Å². The van der Waals surface area contributed by atoms with Gasteiger partial charge in [-0.25, -0.2) is 4.68 Å². The summed E-state index contributed by atoms with van der Waals surface area (Å²) in [6.45, 7) is 0.0499. The van der Waals surface area contributed by atoms with Crippen molar-refractivity contribution in [2.45, 2.75) is 19.1 Å². The molecule has 1 N–H and O–H groups in total. The van der Waals surface area contributed by atoms with Gasteiger partial charge in [-0.3, -0.25) is 9.59 Å². The zero-order chi connectivity index (χ0) is 29.5. The van der Waals surface area contributed by atoms with Crippen LogP contribution in [0.2, 0.25) is 0 Å². The number of hydrogen-bond donors (Lipinski definition) is 1. The molecule has 0 aliphatic heterocycles. The van der Waals surface area contributed by atoms with E-state index in [0.29, 0.717) is 34.0 Å². The van der Waals surface area contributed by atoms with Crippen LogP contribution in [0.3, 0.4) is 0 Å². The molecular formula is C32H31N5O5. The first-order valence-corrected chi connectivity index (χ1v) is 13.3. The molecule has 1 aromatic heterocycles. The van der Waals surface area contributed by atoms with Crippen molar-refractivity contribution >= 4 is 28.5 Å². The van der Waals surface area contributed by atoms with Gasteiger partial charge in [0.05, 0.1) is 26.8 Å². The number of rotatable bonds is 11. The normalized spacial score (nSPS) is 11.5. The smallest absolute Gasteiger partial charge is 0.251 e. The molecule has 5 aromatic rings. The predicted molar refractivity (Wildman–Crippen MR) is 158 cm³/mol.